The van der Waals surface area contributed by atoms with Gasteiger partial charge in [-0.05, 0) is 56.2 Å². The molecule has 2 aromatic carbocycles. The van der Waals surface area contributed by atoms with Gasteiger partial charge in [-0.25, -0.2) is 0 Å². The predicted octanol–water partition coefficient (Wildman–Crippen LogP) is 5.04. The molecule has 1 unspecified atom stereocenters. The first kappa shape index (κ1) is 21.5. The predicted molar refractivity (Wildman–Crippen MR) is 113 cm³/mol. The van der Waals surface area contributed by atoms with Crippen molar-refractivity contribution < 1.29 is 14.3 Å². The van der Waals surface area contributed by atoms with Crippen molar-refractivity contribution in [1.29, 1.82) is 0 Å². The molecule has 150 valence electrons. The minimum absolute atomic E-state index is 0.0705. The maximum absolute atomic E-state index is 12.6. The maximum Gasteiger partial charge on any atom is 0.255 e. The van der Waals surface area contributed by atoms with E-state index in [4.69, 9.17) is 4.74 Å². The molecule has 0 aliphatic rings. The molecule has 2 rings (SSSR count). The van der Waals surface area contributed by atoms with Crippen LogP contribution >= 0.6 is 0 Å². The summed E-state index contributed by atoms with van der Waals surface area (Å²) in [5.41, 5.74) is 1.46. The summed E-state index contributed by atoms with van der Waals surface area (Å²) in [6, 6.07) is 14.1. The van der Waals surface area contributed by atoms with Crippen LogP contribution in [0.25, 0.3) is 0 Å². The van der Waals surface area contributed by atoms with Gasteiger partial charge in [0.05, 0.1) is 17.9 Å². The van der Waals surface area contributed by atoms with E-state index < -0.39 is 0 Å². The lowest BCUT2D eigenvalue weighted by molar-refractivity contribution is 0.0940. The van der Waals surface area contributed by atoms with Gasteiger partial charge >= 0.3 is 0 Å². The van der Waals surface area contributed by atoms with Crippen molar-refractivity contribution in [3.8, 4) is 5.75 Å². The third-order valence-corrected chi connectivity index (χ3v) is 4.54. The highest BCUT2D eigenvalue weighted by atomic mass is 16.5. The van der Waals surface area contributed by atoms with E-state index in [1.165, 1.54) is 0 Å². The maximum atomic E-state index is 12.6. The number of nitrogens with one attached hydrogen (secondary N) is 2. The van der Waals surface area contributed by atoms with Crippen molar-refractivity contribution >= 4 is 17.5 Å². The fourth-order valence-electron chi connectivity index (χ4n) is 2.63. The van der Waals surface area contributed by atoms with E-state index in [1.807, 2.05) is 13.8 Å². The molecule has 0 heterocycles. The van der Waals surface area contributed by atoms with Crippen molar-refractivity contribution in [2.75, 3.05) is 11.9 Å². The lowest BCUT2D eigenvalue weighted by atomic mass is 10.1. The Kier molecular flexibility index (Phi) is 8.53. The summed E-state index contributed by atoms with van der Waals surface area (Å²) in [7, 11) is 0. The molecule has 0 saturated carbocycles. The van der Waals surface area contributed by atoms with Gasteiger partial charge in [-0.1, -0.05) is 38.8 Å². The van der Waals surface area contributed by atoms with Crippen LogP contribution < -0.4 is 15.4 Å². The molecule has 0 aromatic heterocycles. The van der Waals surface area contributed by atoms with Gasteiger partial charge in [-0.15, -0.1) is 0 Å². The van der Waals surface area contributed by atoms with E-state index in [1.54, 1.807) is 48.5 Å². The molecule has 0 spiro atoms. The molecule has 0 bridgehead atoms. The standard InChI is InChI=1S/C23H30N2O3/c1-4-6-9-16-28-19-14-12-18(13-15-19)22(26)25-21-11-8-7-10-20(21)23(27)24-17(3)5-2/h7-8,10-15,17H,4-6,9,16H2,1-3H3,(H,24,27)(H,25,26). The molecule has 5 nitrogen and oxygen atoms in total. The average Bonchev–Trinajstić information content (AvgIpc) is 2.71. The molecule has 0 aliphatic carbocycles. The van der Waals surface area contributed by atoms with Gasteiger partial charge in [0, 0.05) is 11.6 Å². The van der Waals surface area contributed by atoms with E-state index in [2.05, 4.69) is 17.6 Å². The number of hydrogen-bond acceptors (Lipinski definition) is 3. The first-order valence-corrected chi connectivity index (χ1v) is 9.99. The minimum atomic E-state index is -0.263. The smallest absolute Gasteiger partial charge is 0.255 e. The summed E-state index contributed by atoms with van der Waals surface area (Å²) in [4.78, 5) is 25.1. The topological polar surface area (TPSA) is 67.4 Å². The van der Waals surface area contributed by atoms with Gasteiger partial charge < -0.3 is 15.4 Å². The summed E-state index contributed by atoms with van der Waals surface area (Å²) in [6.45, 7) is 6.79. The van der Waals surface area contributed by atoms with Crippen LogP contribution in [-0.4, -0.2) is 24.5 Å². The van der Waals surface area contributed by atoms with Gasteiger partial charge in [0.2, 0.25) is 0 Å². The van der Waals surface area contributed by atoms with E-state index in [-0.39, 0.29) is 17.9 Å². The summed E-state index contributed by atoms with van der Waals surface area (Å²) >= 11 is 0. The van der Waals surface area contributed by atoms with Crippen molar-refractivity contribution in [2.45, 2.75) is 52.5 Å². The Balaban J connectivity index is 2.02. The first-order chi connectivity index (χ1) is 13.5. The molecule has 1 atom stereocenters. The van der Waals surface area contributed by atoms with Crippen molar-refractivity contribution in [3.05, 3.63) is 59.7 Å². The highest BCUT2D eigenvalue weighted by molar-refractivity contribution is 6.09. The number of unbranched alkanes of at least 4 members (excludes halogenated alkanes) is 2. The number of benzene rings is 2. The van der Waals surface area contributed by atoms with Crippen molar-refractivity contribution in [3.63, 3.8) is 0 Å². The molecular weight excluding hydrogens is 352 g/mol. The van der Waals surface area contributed by atoms with Crippen LogP contribution in [0.2, 0.25) is 0 Å². The molecule has 28 heavy (non-hydrogen) atoms. The summed E-state index contributed by atoms with van der Waals surface area (Å²) < 4.78 is 5.67. The summed E-state index contributed by atoms with van der Waals surface area (Å²) in [5, 5.41) is 5.77. The van der Waals surface area contributed by atoms with Crippen LogP contribution in [0.3, 0.4) is 0 Å². The SMILES string of the molecule is CCCCCOc1ccc(C(=O)Nc2ccccc2C(=O)NC(C)CC)cc1. The molecule has 5 heteroatoms. The molecule has 2 amide bonds. The third kappa shape index (κ3) is 6.41. The largest absolute Gasteiger partial charge is 0.494 e. The van der Waals surface area contributed by atoms with Crippen LogP contribution in [0, 0.1) is 0 Å². The van der Waals surface area contributed by atoms with E-state index >= 15 is 0 Å². The van der Waals surface area contributed by atoms with Crippen molar-refractivity contribution in [2.24, 2.45) is 0 Å². The van der Waals surface area contributed by atoms with Crippen LogP contribution in [0.1, 0.15) is 67.2 Å². The Morgan fingerprint density at radius 2 is 1.68 bits per heavy atom. The Labute approximate surface area is 167 Å². The Bertz CT molecular complexity index is 772. The number of ether oxygens (including phenoxy) is 1. The van der Waals surface area contributed by atoms with Crippen LogP contribution in [-0.2, 0) is 0 Å². The minimum Gasteiger partial charge on any atom is -0.494 e. The number of hydrogen-bond donors (Lipinski definition) is 2. The lowest BCUT2D eigenvalue weighted by Gasteiger charge is -2.15. The Morgan fingerprint density at radius 1 is 0.964 bits per heavy atom. The molecule has 0 fully saturated rings. The molecular formula is C23H30N2O3. The second kappa shape index (κ2) is 11.1. The normalized spacial score (nSPS) is 11.5. The van der Waals surface area contributed by atoms with Crippen LogP contribution in [0.15, 0.2) is 48.5 Å². The second-order valence-electron chi connectivity index (χ2n) is 6.86. The molecule has 0 aliphatic heterocycles. The quantitative estimate of drug-likeness (QED) is 0.566. The third-order valence-electron chi connectivity index (χ3n) is 4.54. The van der Waals surface area contributed by atoms with E-state index in [0.29, 0.717) is 23.4 Å². The van der Waals surface area contributed by atoms with Crippen LogP contribution in [0.4, 0.5) is 5.69 Å². The van der Waals surface area contributed by atoms with Gasteiger partial charge in [-0.3, -0.25) is 9.59 Å². The number of carbonyl (C=O) groups excluding carboxylic acids is 2. The number of anilines is 1. The zero-order chi connectivity index (χ0) is 20.4. The van der Waals surface area contributed by atoms with Gasteiger partial charge in [0.15, 0.2) is 0 Å². The Hall–Kier alpha value is -2.82. The molecule has 2 N–H and O–H groups in total. The monoisotopic (exact) mass is 382 g/mol. The fourth-order valence-corrected chi connectivity index (χ4v) is 2.63. The highest BCUT2D eigenvalue weighted by Crippen LogP contribution is 2.18. The van der Waals surface area contributed by atoms with Gasteiger partial charge in [-0.2, -0.15) is 0 Å². The molecule has 0 radical (unpaired) electrons. The molecule has 0 saturated heterocycles. The van der Waals surface area contributed by atoms with Crippen molar-refractivity contribution in [1.82, 2.24) is 5.32 Å². The van der Waals surface area contributed by atoms with Gasteiger partial charge in [0.1, 0.15) is 5.75 Å². The first-order valence-electron chi connectivity index (χ1n) is 9.99. The van der Waals surface area contributed by atoms with E-state index in [0.717, 1.165) is 31.4 Å². The zero-order valence-corrected chi connectivity index (χ0v) is 17.0. The summed E-state index contributed by atoms with van der Waals surface area (Å²) in [5.74, 6) is 0.295. The number of rotatable bonds is 10. The Morgan fingerprint density at radius 3 is 2.36 bits per heavy atom. The lowest BCUT2D eigenvalue weighted by Crippen LogP contribution is -2.32. The fraction of sp³-hybridized carbons (Fsp3) is 0.391. The second-order valence-corrected chi connectivity index (χ2v) is 6.86. The number of para-hydroxylation sites is 1. The van der Waals surface area contributed by atoms with Crippen LogP contribution in [0.5, 0.6) is 5.75 Å². The highest BCUT2D eigenvalue weighted by Gasteiger charge is 2.15. The summed E-state index contributed by atoms with van der Waals surface area (Å²) in [6.07, 6.45) is 4.16. The number of amides is 2. The van der Waals surface area contributed by atoms with E-state index in [9.17, 15) is 9.59 Å². The average molecular weight is 383 g/mol. The number of carbonyl (C=O) groups is 2. The van der Waals surface area contributed by atoms with Gasteiger partial charge in [0.25, 0.3) is 11.8 Å². The molecule has 2 aromatic rings. The zero-order valence-electron chi connectivity index (χ0n) is 17.0.